The standard InChI is InChI=1S/C16H22ClN3O3/c1-19-7-9-20(10-8-19)15(21)5-6-18-14-11-12(16(22)23-2)3-4-13(14)17/h3-4,11,18H,5-10H2,1-2H3. The maximum atomic E-state index is 12.2. The van der Waals surface area contributed by atoms with E-state index in [2.05, 4.69) is 22.0 Å². The Morgan fingerprint density at radius 1 is 1.26 bits per heavy atom. The Hall–Kier alpha value is -1.79. The van der Waals surface area contributed by atoms with Gasteiger partial charge >= 0.3 is 5.97 Å². The van der Waals surface area contributed by atoms with E-state index in [-0.39, 0.29) is 5.91 Å². The summed E-state index contributed by atoms with van der Waals surface area (Å²) in [7, 11) is 3.39. The molecule has 1 aliphatic heterocycles. The summed E-state index contributed by atoms with van der Waals surface area (Å²) in [6, 6.07) is 4.88. The van der Waals surface area contributed by atoms with Crippen molar-refractivity contribution >= 4 is 29.2 Å². The monoisotopic (exact) mass is 339 g/mol. The predicted molar refractivity (Wildman–Crippen MR) is 90.0 cm³/mol. The summed E-state index contributed by atoms with van der Waals surface area (Å²) in [6.45, 7) is 3.83. The lowest BCUT2D eigenvalue weighted by molar-refractivity contribution is -0.132. The van der Waals surface area contributed by atoms with Crippen LogP contribution in [0.5, 0.6) is 0 Å². The number of ether oxygens (including phenoxy) is 1. The highest BCUT2D eigenvalue weighted by Gasteiger charge is 2.18. The van der Waals surface area contributed by atoms with E-state index in [0.29, 0.717) is 29.2 Å². The zero-order valence-electron chi connectivity index (χ0n) is 13.5. The number of carbonyl (C=O) groups is 2. The Balaban J connectivity index is 1.86. The fraction of sp³-hybridized carbons (Fsp3) is 0.500. The van der Waals surface area contributed by atoms with Crippen LogP contribution in [0.2, 0.25) is 5.02 Å². The fourth-order valence-electron chi connectivity index (χ4n) is 2.42. The van der Waals surface area contributed by atoms with Crippen LogP contribution in [0.15, 0.2) is 18.2 Å². The van der Waals surface area contributed by atoms with Gasteiger partial charge < -0.3 is 19.9 Å². The third-order valence-electron chi connectivity index (χ3n) is 3.90. The van der Waals surface area contributed by atoms with Crippen molar-refractivity contribution in [2.45, 2.75) is 6.42 Å². The number of hydrogen-bond acceptors (Lipinski definition) is 5. The van der Waals surface area contributed by atoms with Crippen LogP contribution in [0.25, 0.3) is 0 Å². The van der Waals surface area contributed by atoms with E-state index in [1.165, 1.54) is 7.11 Å². The van der Waals surface area contributed by atoms with E-state index in [4.69, 9.17) is 11.6 Å². The van der Waals surface area contributed by atoms with Crippen LogP contribution in [0.4, 0.5) is 5.69 Å². The molecule has 1 aromatic rings. The smallest absolute Gasteiger partial charge is 0.337 e. The largest absolute Gasteiger partial charge is 0.465 e. The Bertz CT molecular complexity index is 572. The lowest BCUT2D eigenvalue weighted by Crippen LogP contribution is -2.47. The molecule has 1 N–H and O–H groups in total. The maximum Gasteiger partial charge on any atom is 0.337 e. The molecule has 1 aromatic carbocycles. The molecular formula is C16H22ClN3O3. The number of hydrogen-bond donors (Lipinski definition) is 1. The van der Waals surface area contributed by atoms with Gasteiger partial charge in [-0.1, -0.05) is 11.6 Å². The molecule has 2 rings (SSSR count). The second-order valence-electron chi connectivity index (χ2n) is 5.55. The molecule has 126 valence electrons. The molecule has 0 atom stereocenters. The molecule has 0 bridgehead atoms. The highest BCUT2D eigenvalue weighted by molar-refractivity contribution is 6.33. The van der Waals surface area contributed by atoms with Crippen LogP contribution < -0.4 is 5.32 Å². The second-order valence-corrected chi connectivity index (χ2v) is 5.95. The van der Waals surface area contributed by atoms with Crippen LogP contribution in [0.3, 0.4) is 0 Å². The molecule has 7 heteroatoms. The zero-order valence-corrected chi connectivity index (χ0v) is 14.2. The minimum atomic E-state index is -0.418. The van der Waals surface area contributed by atoms with Gasteiger partial charge in [-0.25, -0.2) is 4.79 Å². The van der Waals surface area contributed by atoms with E-state index in [1.807, 2.05) is 4.90 Å². The number of benzene rings is 1. The number of anilines is 1. The van der Waals surface area contributed by atoms with E-state index in [9.17, 15) is 9.59 Å². The van der Waals surface area contributed by atoms with Crippen LogP contribution in [-0.2, 0) is 9.53 Å². The number of methoxy groups -OCH3 is 1. The van der Waals surface area contributed by atoms with Crippen molar-refractivity contribution in [2.24, 2.45) is 0 Å². The SMILES string of the molecule is COC(=O)c1ccc(Cl)c(NCCC(=O)N2CCN(C)CC2)c1. The summed E-state index contributed by atoms with van der Waals surface area (Å²) in [4.78, 5) is 27.8. The molecule has 0 spiro atoms. The molecule has 23 heavy (non-hydrogen) atoms. The highest BCUT2D eigenvalue weighted by Crippen LogP contribution is 2.23. The van der Waals surface area contributed by atoms with Gasteiger partial charge in [0.2, 0.25) is 5.91 Å². The fourth-order valence-corrected chi connectivity index (χ4v) is 2.61. The van der Waals surface area contributed by atoms with Crippen molar-refractivity contribution in [1.29, 1.82) is 0 Å². The quantitative estimate of drug-likeness (QED) is 0.827. The number of halogens is 1. The van der Waals surface area contributed by atoms with Crippen LogP contribution in [-0.4, -0.2) is 68.6 Å². The summed E-state index contributed by atoms with van der Waals surface area (Å²) in [5.41, 5.74) is 1.05. The number of nitrogens with zero attached hydrogens (tertiary/aromatic N) is 2. The maximum absolute atomic E-state index is 12.2. The molecule has 1 amide bonds. The van der Waals surface area contributed by atoms with Crippen LogP contribution in [0.1, 0.15) is 16.8 Å². The van der Waals surface area contributed by atoms with E-state index < -0.39 is 5.97 Å². The van der Waals surface area contributed by atoms with Gasteiger partial charge in [0.05, 0.1) is 23.4 Å². The predicted octanol–water partition coefficient (Wildman–Crippen LogP) is 1.70. The molecule has 6 nitrogen and oxygen atoms in total. The van der Waals surface area contributed by atoms with E-state index in [1.54, 1.807) is 18.2 Å². The summed E-state index contributed by atoms with van der Waals surface area (Å²) in [5, 5.41) is 3.62. The first-order valence-corrected chi connectivity index (χ1v) is 7.97. The number of likely N-dealkylation sites (N-methyl/N-ethyl adjacent to an activating group) is 1. The number of carbonyl (C=O) groups excluding carboxylic acids is 2. The van der Waals surface area contributed by atoms with Gasteiger partial charge in [0, 0.05) is 39.1 Å². The second kappa shape index (κ2) is 8.17. The Kier molecular flexibility index (Phi) is 6.24. The van der Waals surface area contributed by atoms with Crippen molar-refractivity contribution < 1.29 is 14.3 Å². The Morgan fingerprint density at radius 3 is 2.61 bits per heavy atom. The summed E-state index contributed by atoms with van der Waals surface area (Å²) < 4.78 is 4.69. The third-order valence-corrected chi connectivity index (χ3v) is 4.23. The molecule has 0 saturated carbocycles. The summed E-state index contributed by atoms with van der Waals surface area (Å²) in [6.07, 6.45) is 0.391. The minimum Gasteiger partial charge on any atom is -0.465 e. The first-order chi connectivity index (χ1) is 11.0. The van der Waals surface area contributed by atoms with Gasteiger partial charge in [-0.3, -0.25) is 4.79 Å². The third kappa shape index (κ3) is 4.84. The summed E-state index contributed by atoms with van der Waals surface area (Å²) in [5.74, 6) is -0.288. The van der Waals surface area contributed by atoms with E-state index in [0.717, 1.165) is 26.2 Å². The zero-order chi connectivity index (χ0) is 16.8. The molecule has 1 aliphatic rings. The van der Waals surface area contributed by atoms with Crippen molar-refractivity contribution in [2.75, 3.05) is 52.2 Å². The lowest BCUT2D eigenvalue weighted by Gasteiger charge is -2.32. The average molecular weight is 340 g/mol. The molecule has 0 aromatic heterocycles. The number of piperazine rings is 1. The molecule has 0 aliphatic carbocycles. The first kappa shape index (κ1) is 17.6. The van der Waals surface area contributed by atoms with Crippen LogP contribution in [0, 0.1) is 0 Å². The van der Waals surface area contributed by atoms with Crippen LogP contribution >= 0.6 is 11.6 Å². The Labute approximate surface area is 141 Å². The van der Waals surface area contributed by atoms with Crippen molar-refractivity contribution in [3.05, 3.63) is 28.8 Å². The topological polar surface area (TPSA) is 61.9 Å². The molecule has 1 heterocycles. The van der Waals surface area contributed by atoms with Gasteiger partial charge in [-0.05, 0) is 25.2 Å². The van der Waals surface area contributed by atoms with Gasteiger partial charge in [0.25, 0.3) is 0 Å². The number of nitrogens with one attached hydrogen (secondary N) is 1. The normalized spacial score (nSPS) is 15.3. The molecule has 0 unspecified atom stereocenters. The number of rotatable bonds is 5. The molecular weight excluding hydrogens is 318 g/mol. The Morgan fingerprint density at radius 2 is 1.96 bits per heavy atom. The van der Waals surface area contributed by atoms with Gasteiger partial charge in [-0.15, -0.1) is 0 Å². The van der Waals surface area contributed by atoms with Gasteiger partial charge in [0.1, 0.15) is 0 Å². The van der Waals surface area contributed by atoms with Gasteiger partial charge in [-0.2, -0.15) is 0 Å². The lowest BCUT2D eigenvalue weighted by atomic mass is 10.2. The number of esters is 1. The van der Waals surface area contributed by atoms with Gasteiger partial charge in [0.15, 0.2) is 0 Å². The average Bonchev–Trinajstić information content (AvgIpc) is 2.56. The number of amides is 1. The summed E-state index contributed by atoms with van der Waals surface area (Å²) >= 11 is 6.11. The minimum absolute atomic E-state index is 0.130. The highest BCUT2D eigenvalue weighted by atomic mass is 35.5. The molecule has 1 saturated heterocycles. The van der Waals surface area contributed by atoms with Crippen molar-refractivity contribution in [3.63, 3.8) is 0 Å². The molecule has 0 radical (unpaired) electrons. The van der Waals surface area contributed by atoms with Crippen molar-refractivity contribution in [3.8, 4) is 0 Å². The van der Waals surface area contributed by atoms with E-state index >= 15 is 0 Å². The first-order valence-electron chi connectivity index (χ1n) is 7.59. The van der Waals surface area contributed by atoms with Crippen molar-refractivity contribution in [1.82, 2.24) is 9.80 Å². The molecule has 1 fully saturated rings.